The third-order valence-electron chi connectivity index (χ3n) is 4.96. The molecule has 0 saturated carbocycles. The van der Waals surface area contributed by atoms with E-state index in [0.29, 0.717) is 12.0 Å². The maximum atomic E-state index is 11.1. The fraction of sp³-hybridized carbons (Fsp3) is 0.588. The first-order chi connectivity index (χ1) is 10.5. The van der Waals surface area contributed by atoms with Crippen LogP contribution in [0.25, 0.3) is 0 Å². The molecule has 0 bridgehead atoms. The smallest absolute Gasteiger partial charge is 0.336 e. The largest absolute Gasteiger partial charge is 0.479 e. The van der Waals surface area contributed by atoms with Gasteiger partial charge in [0, 0.05) is 32.2 Å². The van der Waals surface area contributed by atoms with Crippen LogP contribution in [0.1, 0.15) is 18.9 Å². The van der Waals surface area contributed by atoms with Crippen molar-refractivity contribution >= 4 is 5.97 Å². The van der Waals surface area contributed by atoms with Crippen molar-refractivity contribution in [3.05, 3.63) is 35.9 Å². The molecule has 5 heteroatoms. The zero-order valence-corrected chi connectivity index (χ0v) is 13.0. The Bertz CT molecular complexity index is 532. The van der Waals surface area contributed by atoms with Crippen LogP contribution in [0.3, 0.4) is 0 Å². The first kappa shape index (κ1) is 15.5. The first-order valence-corrected chi connectivity index (χ1v) is 7.92. The van der Waals surface area contributed by atoms with E-state index >= 15 is 0 Å². The molecule has 0 radical (unpaired) electrons. The number of rotatable bonds is 5. The van der Waals surface area contributed by atoms with Crippen molar-refractivity contribution in [2.45, 2.75) is 31.5 Å². The van der Waals surface area contributed by atoms with Gasteiger partial charge in [0.2, 0.25) is 0 Å². The molecule has 1 aromatic carbocycles. The number of carboxylic acid groups (broad SMARTS) is 1. The Kier molecular flexibility index (Phi) is 4.21. The van der Waals surface area contributed by atoms with Gasteiger partial charge in [-0.3, -0.25) is 9.80 Å². The standard InChI is InChI=1S/C17H24N2O3/c1-17(22,16(20)21)12-18-10-14-7-8-19(15(14)11-18)9-13-5-3-2-4-6-13/h2-6,14-15,22H,7-12H2,1H3,(H,20,21)/t14-,15+,17?/m0/s1. The number of nitrogens with zero attached hydrogens (tertiary/aromatic N) is 2. The van der Waals surface area contributed by atoms with Gasteiger partial charge in [0.1, 0.15) is 0 Å². The molecule has 2 aliphatic rings. The second-order valence-electron chi connectivity index (χ2n) is 6.85. The molecule has 2 fully saturated rings. The van der Waals surface area contributed by atoms with Crippen LogP contribution < -0.4 is 0 Å². The highest BCUT2D eigenvalue weighted by molar-refractivity contribution is 5.76. The maximum Gasteiger partial charge on any atom is 0.336 e. The normalized spacial score (nSPS) is 28.5. The van der Waals surface area contributed by atoms with Crippen LogP contribution in [0.4, 0.5) is 0 Å². The summed E-state index contributed by atoms with van der Waals surface area (Å²) in [5.74, 6) is -0.556. The summed E-state index contributed by atoms with van der Waals surface area (Å²) in [7, 11) is 0. The van der Waals surface area contributed by atoms with Gasteiger partial charge in [0.25, 0.3) is 0 Å². The molecule has 2 aliphatic heterocycles. The van der Waals surface area contributed by atoms with E-state index in [1.165, 1.54) is 12.5 Å². The van der Waals surface area contributed by atoms with Crippen molar-refractivity contribution < 1.29 is 15.0 Å². The maximum absolute atomic E-state index is 11.1. The van der Waals surface area contributed by atoms with E-state index in [2.05, 4.69) is 34.1 Å². The minimum Gasteiger partial charge on any atom is -0.479 e. The summed E-state index contributed by atoms with van der Waals surface area (Å²) in [5, 5.41) is 19.0. The number of fused-ring (bicyclic) bond motifs is 1. The van der Waals surface area contributed by atoms with Gasteiger partial charge in [0.15, 0.2) is 5.60 Å². The highest BCUT2D eigenvalue weighted by Gasteiger charge is 2.43. The quantitative estimate of drug-likeness (QED) is 0.850. The molecule has 2 heterocycles. The Hall–Kier alpha value is -1.43. The van der Waals surface area contributed by atoms with Crippen LogP contribution in [0.15, 0.2) is 30.3 Å². The number of hydrogen-bond donors (Lipinski definition) is 2. The second-order valence-corrected chi connectivity index (χ2v) is 6.85. The minimum atomic E-state index is -1.66. The third kappa shape index (κ3) is 3.16. The molecular weight excluding hydrogens is 280 g/mol. The van der Waals surface area contributed by atoms with Gasteiger partial charge in [-0.2, -0.15) is 0 Å². The first-order valence-electron chi connectivity index (χ1n) is 7.92. The number of hydrogen-bond acceptors (Lipinski definition) is 4. The number of β-amino-alcohol motifs (C(OH)–C–C–N with tert-alkyl or cyclic N) is 1. The molecule has 22 heavy (non-hydrogen) atoms. The van der Waals surface area contributed by atoms with Crippen LogP contribution in [0.5, 0.6) is 0 Å². The summed E-state index contributed by atoms with van der Waals surface area (Å²) >= 11 is 0. The SMILES string of the molecule is CC(O)(CN1C[C@@H]2CCN(Cc3ccccc3)[C@@H]2C1)C(=O)O. The topological polar surface area (TPSA) is 64.0 Å². The second kappa shape index (κ2) is 5.99. The lowest BCUT2D eigenvalue weighted by Crippen LogP contribution is -2.47. The minimum absolute atomic E-state index is 0.203. The molecule has 120 valence electrons. The fourth-order valence-corrected chi connectivity index (χ4v) is 3.78. The molecule has 0 spiro atoms. The van der Waals surface area contributed by atoms with Crippen molar-refractivity contribution in [3.63, 3.8) is 0 Å². The Morgan fingerprint density at radius 3 is 2.73 bits per heavy atom. The Labute approximate surface area is 131 Å². The lowest BCUT2D eigenvalue weighted by molar-refractivity contribution is -0.158. The van der Waals surface area contributed by atoms with Crippen molar-refractivity contribution in [2.75, 3.05) is 26.2 Å². The predicted octanol–water partition coefficient (Wildman–Crippen LogP) is 1.03. The van der Waals surface area contributed by atoms with E-state index in [-0.39, 0.29) is 6.54 Å². The van der Waals surface area contributed by atoms with Crippen molar-refractivity contribution in [1.82, 2.24) is 9.80 Å². The third-order valence-corrected chi connectivity index (χ3v) is 4.96. The van der Waals surface area contributed by atoms with E-state index in [1.807, 2.05) is 6.07 Å². The lowest BCUT2D eigenvalue weighted by Gasteiger charge is -2.28. The van der Waals surface area contributed by atoms with Crippen LogP contribution in [-0.4, -0.2) is 63.8 Å². The van der Waals surface area contributed by atoms with Gasteiger partial charge < -0.3 is 10.2 Å². The molecular formula is C17H24N2O3. The van der Waals surface area contributed by atoms with Crippen molar-refractivity contribution in [3.8, 4) is 0 Å². The summed E-state index contributed by atoms with van der Waals surface area (Å²) in [6.45, 7) is 5.37. The molecule has 2 saturated heterocycles. The lowest BCUT2D eigenvalue weighted by atomic mass is 10.0. The van der Waals surface area contributed by atoms with Gasteiger partial charge in [-0.25, -0.2) is 4.79 Å². The molecule has 3 atom stereocenters. The zero-order valence-electron chi connectivity index (χ0n) is 13.0. The Morgan fingerprint density at radius 2 is 2.05 bits per heavy atom. The van der Waals surface area contributed by atoms with Gasteiger partial charge in [-0.05, 0) is 31.4 Å². The number of carbonyl (C=O) groups is 1. The number of aliphatic carboxylic acids is 1. The molecule has 2 N–H and O–H groups in total. The average molecular weight is 304 g/mol. The molecule has 0 amide bonds. The average Bonchev–Trinajstić information content (AvgIpc) is 3.01. The van der Waals surface area contributed by atoms with Crippen LogP contribution in [0, 0.1) is 5.92 Å². The molecule has 0 aliphatic carbocycles. The predicted molar refractivity (Wildman–Crippen MR) is 83.4 cm³/mol. The molecule has 0 aromatic heterocycles. The summed E-state index contributed by atoms with van der Waals surface area (Å²) in [6.07, 6.45) is 1.16. The Morgan fingerprint density at radius 1 is 1.32 bits per heavy atom. The summed E-state index contributed by atoms with van der Waals surface area (Å²) in [5.41, 5.74) is -0.345. The van der Waals surface area contributed by atoms with E-state index in [9.17, 15) is 9.90 Å². The number of likely N-dealkylation sites (tertiary alicyclic amines) is 2. The Balaban J connectivity index is 1.60. The summed E-state index contributed by atoms with van der Waals surface area (Å²) < 4.78 is 0. The molecule has 1 unspecified atom stereocenters. The molecule has 1 aromatic rings. The van der Waals surface area contributed by atoms with Gasteiger partial charge in [-0.15, -0.1) is 0 Å². The highest BCUT2D eigenvalue weighted by Crippen LogP contribution is 2.33. The molecule has 5 nitrogen and oxygen atoms in total. The monoisotopic (exact) mass is 304 g/mol. The summed E-state index contributed by atoms with van der Waals surface area (Å²) in [6, 6.07) is 10.9. The fourth-order valence-electron chi connectivity index (χ4n) is 3.78. The zero-order chi connectivity index (χ0) is 15.7. The van der Waals surface area contributed by atoms with E-state index in [1.54, 1.807) is 0 Å². The van der Waals surface area contributed by atoms with Crippen LogP contribution in [0.2, 0.25) is 0 Å². The number of aliphatic hydroxyl groups is 1. The van der Waals surface area contributed by atoms with E-state index in [4.69, 9.17) is 5.11 Å². The van der Waals surface area contributed by atoms with Crippen molar-refractivity contribution in [1.29, 1.82) is 0 Å². The van der Waals surface area contributed by atoms with Gasteiger partial charge >= 0.3 is 5.97 Å². The van der Waals surface area contributed by atoms with Gasteiger partial charge in [-0.1, -0.05) is 30.3 Å². The number of carboxylic acids is 1. The van der Waals surface area contributed by atoms with Gasteiger partial charge in [0.05, 0.1) is 0 Å². The summed E-state index contributed by atoms with van der Waals surface area (Å²) in [4.78, 5) is 15.7. The van der Waals surface area contributed by atoms with E-state index < -0.39 is 11.6 Å². The van der Waals surface area contributed by atoms with Crippen LogP contribution in [-0.2, 0) is 11.3 Å². The highest BCUT2D eigenvalue weighted by atomic mass is 16.4. The van der Waals surface area contributed by atoms with E-state index in [0.717, 1.165) is 32.6 Å². The molecule has 3 rings (SSSR count). The number of benzene rings is 1. The van der Waals surface area contributed by atoms with Crippen molar-refractivity contribution in [2.24, 2.45) is 5.92 Å². The van der Waals surface area contributed by atoms with Crippen LogP contribution >= 0.6 is 0 Å².